The number of hydrogen-bond acceptors (Lipinski definition) is 3. The zero-order valence-electron chi connectivity index (χ0n) is 12.6. The van der Waals surface area contributed by atoms with E-state index in [-0.39, 0.29) is 5.91 Å². The van der Waals surface area contributed by atoms with Crippen molar-refractivity contribution in [3.05, 3.63) is 48.4 Å². The molecule has 0 saturated carbocycles. The summed E-state index contributed by atoms with van der Waals surface area (Å²) in [6, 6.07) is 9.95. The number of carbonyl (C=O) groups is 1. The molecule has 6 heteroatoms. The van der Waals surface area contributed by atoms with Crippen molar-refractivity contribution >= 4 is 16.8 Å². The molecule has 22 heavy (non-hydrogen) atoms. The first-order valence-electron chi connectivity index (χ1n) is 7.40. The average molecular weight is 297 g/mol. The molecular weight excluding hydrogens is 278 g/mol. The van der Waals surface area contributed by atoms with Gasteiger partial charge in [-0.25, -0.2) is 0 Å². The lowest BCUT2D eigenvalue weighted by Gasteiger charge is -2.06. The van der Waals surface area contributed by atoms with E-state index in [0.717, 1.165) is 16.6 Å². The number of aryl methyl sites for hydroxylation is 2. The molecule has 0 aliphatic carbocycles. The molecule has 1 aromatic carbocycles. The lowest BCUT2D eigenvalue weighted by molar-refractivity contribution is -0.121. The standard InChI is InChI=1S/C16H19N5O/c1-13-14-5-2-3-6-15(14)21(19-13)11-7-16(22)17-9-12-20-10-4-8-18-20/h2-6,8,10H,7,9,11-12H2,1H3,(H,17,22). The minimum atomic E-state index is 0.0318. The third-order valence-corrected chi connectivity index (χ3v) is 3.62. The third kappa shape index (κ3) is 3.16. The lowest BCUT2D eigenvalue weighted by atomic mass is 10.2. The maximum atomic E-state index is 11.9. The number of carbonyl (C=O) groups excluding carboxylic acids is 1. The molecule has 3 aromatic rings. The zero-order chi connectivity index (χ0) is 15.4. The van der Waals surface area contributed by atoms with Crippen LogP contribution in [0.25, 0.3) is 10.9 Å². The number of para-hydroxylation sites is 1. The number of hydrogen-bond donors (Lipinski definition) is 1. The second-order valence-electron chi connectivity index (χ2n) is 5.19. The first kappa shape index (κ1) is 14.3. The fourth-order valence-electron chi connectivity index (χ4n) is 2.50. The van der Waals surface area contributed by atoms with Crippen LogP contribution in [-0.2, 0) is 17.9 Å². The highest BCUT2D eigenvalue weighted by atomic mass is 16.1. The number of fused-ring (bicyclic) bond motifs is 1. The highest BCUT2D eigenvalue weighted by molar-refractivity contribution is 5.82. The van der Waals surface area contributed by atoms with Gasteiger partial charge in [0.05, 0.1) is 24.3 Å². The molecule has 0 atom stereocenters. The van der Waals surface area contributed by atoms with Crippen molar-refractivity contribution in [1.29, 1.82) is 0 Å². The highest BCUT2D eigenvalue weighted by Gasteiger charge is 2.08. The van der Waals surface area contributed by atoms with E-state index in [1.54, 1.807) is 10.9 Å². The molecule has 3 rings (SSSR count). The van der Waals surface area contributed by atoms with Gasteiger partial charge in [0.1, 0.15) is 0 Å². The summed E-state index contributed by atoms with van der Waals surface area (Å²) in [5.41, 5.74) is 2.07. The zero-order valence-corrected chi connectivity index (χ0v) is 12.6. The molecule has 0 spiro atoms. The van der Waals surface area contributed by atoms with Gasteiger partial charge in [0, 0.05) is 30.7 Å². The number of amides is 1. The van der Waals surface area contributed by atoms with E-state index < -0.39 is 0 Å². The molecule has 2 aromatic heterocycles. The Kier molecular flexibility index (Phi) is 4.18. The van der Waals surface area contributed by atoms with Gasteiger partial charge in [-0.1, -0.05) is 18.2 Å². The molecule has 0 fully saturated rings. The molecule has 0 radical (unpaired) electrons. The molecule has 0 saturated heterocycles. The van der Waals surface area contributed by atoms with E-state index in [2.05, 4.69) is 21.6 Å². The van der Waals surface area contributed by atoms with E-state index in [4.69, 9.17) is 0 Å². The maximum absolute atomic E-state index is 11.9. The maximum Gasteiger partial charge on any atom is 0.221 e. The van der Waals surface area contributed by atoms with Gasteiger partial charge in [0.15, 0.2) is 0 Å². The number of nitrogens with one attached hydrogen (secondary N) is 1. The number of rotatable bonds is 6. The molecule has 114 valence electrons. The normalized spacial score (nSPS) is 11.0. The van der Waals surface area contributed by atoms with Crippen LogP contribution in [-0.4, -0.2) is 32.0 Å². The second kappa shape index (κ2) is 6.43. The molecule has 0 aliphatic heterocycles. The summed E-state index contributed by atoms with van der Waals surface area (Å²) in [5, 5.41) is 12.6. The number of nitrogens with zero attached hydrogens (tertiary/aromatic N) is 4. The van der Waals surface area contributed by atoms with Gasteiger partial charge in [-0.15, -0.1) is 0 Å². The van der Waals surface area contributed by atoms with Gasteiger partial charge >= 0.3 is 0 Å². The Hall–Kier alpha value is -2.63. The lowest BCUT2D eigenvalue weighted by Crippen LogP contribution is -2.28. The summed E-state index contributed by atoms with van der Waals surface area (Å²) in [4.78, 5) is 11.9. The summed E-state index contributed by atoms with van der Waals surface area (Å²) in [6.45, 7) is 3.84. The monoisotopic (exact) mass is 297 g/mol. The smallest absolute Gasteiger partial charge is 0.221 e. The van der Waals surface area contributed by atoms with Crippen LogP contribution in [0.5, 0.6) is 0 Å². The predicted molar refractivity (Wildman–Crippen MR) is 84.3 cm³/mol. The van der Waals surface area contributed by atoms with Gasteiger partial charge in [-0.3, -0.25) is 14.2 Å². The third-order valence-electron chi connectivity index (χ3n) is 3.62. The van der Waals surface area contributed by atoms with Gasteiger partial charge in [-0.05, 0) is 19.1 Å². The van der Waals surface area contributed by atoms with Crippen molar-refractivity contribution in [2.75, 3.05) is 6.54 Å². The van der Waals surface area contributed by atoms with E-state index in [9.17, 15) is 4.79 Å². The van der Waals surface area contributed by atoms with Crippen LogP contribution in [0.3, 0.4) is 0 Å². The van der Waals surface area contributed by atoms with E-state index in [0.29, 0.717) is 26.1 Å². The molecule has 2 heterocycles. The van der Waals surface area contributed by atoms with Crippen LogP contribution < -0.4 is 5.32 Å². The van der Waals surface area contributed by atoms with Crippen molar-refractivity contribution in [1.82, 2.24) is 24.9 Å². The molecule has 1 N–H and O–H groups in total. The Balaban J connectivity index is 1.52. The highest BCUT2D eigenvalue weighted by Crippen LogP contribution is 2.17. The molecule has 0 aliphatic rings. The Bertz CT molecular complexity index is 760. The minimum absolute atomic E-state index is 0.0318. The van der Waals surface area contributed by atoms with Gasteiger partial charge in [0.25, 0.3) is 0 Å². The van der Waals surface area contributed by atoms with Crippen molar-refractivity contribution in [2.24, 2.45) is 0 Å². The molecular formula is C16H19N5O. The van der Waals surface area contributed by atoms with Crippen molar-refractivity contribution in [3.63, 3.8) is 0 Å². The Labute approximate surface area is 128 Å². The summed E-state index contributed by atoms with van der Waals surface area (Å²) in [5.74, 6) is 0.0318. The molecule has 0 bridgehead atoms. The van der Waals surface area contributed by atoms with Crippen molar-refractivity contribution in [2.45, 2.75) is 26.4 Å². The van der Waals surface area contributed by atoms with E-state index in [1.807, 2.05) is 42.1 Å². The average Bonchev–Trinajstić information content (AvgIpc) is 3.14. The summed E-state index contributed by atoms with van der Waals surface area (Å²) in [6.07, 6.45) is 4.03. The number of aromatic nitrogens is 4. The summed E-state index contributed by atoms with van der Waals surface area (Å²) < 4.78 is 3.70. The number of benzene rings is 1. The molecule has 6 nitrogen and oxygen atoms in total. The second-order valence-corrected chi connectivity index (χ2v) is 5.19. The van der Waals surface area contributed by atoms with E-state index in [1.165, 1.54) is 0 Å². The van der Waals surface area contributed by atoms with Crippen LogP contribution in [0.4, 0.5) is 0 Å². The molecule has 1 amide bonds. The van der Waals surface area contributed by atoms with Gasteiger partial charge in [0.2, 0.25) is 5.91 Å². The Morgan fingerprint density at radius 2 is 2.09 bits per heavy atom. The summed E-state index contributed by atoms with van der Waals surface area (Å²) >= 11 is 0. The first-order valence-corrected chi connectivity index (χ1v) is 7.40. The van der Waals surface area contributed by atoms with E-state index >= 15 is 0 Å². The van der Waals surface area contributed by atoms with Crippen LogP contribution in [0.15, 0.2) is 42.7 Å². The predicted octanol–water partition coefficient (Wildman–Crippen LogP) is 1.75. The molecule has 0 unspecified atom stereocenters. The topological polar surface area (TPSA) is 64.7 Å². The van der Waals surface area contributed by atoms with Gasteiger partial charge in [-0.2, -0.15) is 10.2 Å². The van der Waals surface area contributed by atoms with Crippen LogP contribution in [0.2, 0.25) is 0 Å². The van der Waals surface area contributed by atoms with Crippen LogP contribution >= 0.6 is 0 Å². The Morgan fingerprint density at radius 1 is 1.23 bits per heavy atom. The minimum Gasteiger partial charge on any atom is -0.354 e. The first-order chi connectivity index (χ1) is 10.7. The summed E-state index contributed by atoms with van der Waals surface area (Å²) in [7, 11) is 0. The quantitative estimate of drug-likeness (QED) is 0.754. The SMILES string of the molecule is Cc1nn(CCC(=O)NCCn2cccn2)c2ccccc12. The van der Waals surface area contributed by atoms with Crippen molar-refractivity contribution in [3.8, 4) is 0 Å². The fourth-order valence-corrected chi connectivity index (χ4v) is 2.50. The largest absolute Gasteiger partial charge is 0.354 e. The van der Waals surface area contributed by atoms with Crippen LogP contribution in [0, 0.1) is 6.92 Å². The van der Waals surface area contributed by atoms with Crippen LogP contribution in [0.1, 0.15) is 12.1 Å². The fraction of sp³-hybridized carbons (Fsp3) is 0.312. The van der Waals surface area contributed by atoms with Crippen molar-refractivity contribution < 1.29 is 4.79 Å². The Morgan fingerprint density at radius 3 is 2.91 bits per heavy atom. The van der Waals surface area contributed by atoms with Gasteiger partial charge < -0.3 is 5.32 Å².